The minimum Gasteiger partial charge on any atom is -0.390 e. The highest BCUT2D eigenvalue weighted by atomic mass is 16.6. The van der Waals surface area contributed by atoms with Crippen LogP contribution in [0.4, 0.5) is 0 Å². The van der Waals surface area contributed by atoms with Crippen LogP contribution in [0.2, 0.25) is 0 Å². The number of aliphatic hydroxyl groups is 1. The maximum absolute atomic E-state index is 10.2. The van der Waals surface area contributed by atoms with Crippen molar-refractivity contribution in [2.45, 2.75) is 56.8 Å². The molecule has 20 heavy (non-hydrogen) atoms. The Balaban J connectivity index is 1.61. The Morgan fingerprint density at radius 2 is 2.10 bits per heavy atom. The molecule has 3 rings (SSSR count). The maximum atomic E-state index is 10.2. The standard InChI is InChI=1S/C16H29NO3/c1-12(6-10-17-8-3-4-9-17)14-15(19-2)13(18)5-7-16(14)11-20-16/h12-15,18H,3-11H2,1-2H3/t12-,13-,14+,15-,16+/m1/s1. The fraction of sp³-hybridized carbons (Fsp3) is 1.00. The maximum Gasteiger partial charge on any atom is 0.0973 e. The van der Waals surface area contributed by atoms with Crippen LogP contribution in [0, 0.1) is 11.8 Å². The van der Waals surface area contributed by atoms with Crippen molar-refractivity contribution < 1.29 is 14.6 Å². The van der Waals surface area contributed by atoms with Crippen molar-refractivity contribution in [1.29, 1.82) is 0 Å². The lowest BCUT2D eigenvalue weighted by Gasteiger charge is -2.42. The molecule has 0 aromatic carbocycles. The van der Waals surface area contributed by atoms with Gasteiger partial charge in [0, 0.05) is 13.0 Å². The molecule has 2 saturated heterocycles. The van der Waals surface area contributed by atoms with Gasteiger partial charge in [-0.2, -0.15) is 0 Å². The first-order valence-electron chi connectivity index (χ1n) is 8.23. The highest BCUT2D eigenvalue weighted by Crippen LogP contribution is 2.50. The second kappa shape index (κ2) is 5.91. The van der Waals surface area contributed by atoms with Crippen LogP contribution in [-0.4, -0.2) is 61.2 Å². The zero-order valence-electron chi connectivity index (χ0n) is 12.9. The van der Waals surface area contributed by atoms with Gasteiger partial charge < -0.3 is 19.5 Å². The molecule has 5 atom stereocenters. The van der Waals surface area contributed by atoms with Crippen LogP contribution in [0.15, 0.2) is 0 Å². The van der Waals surface area contributed by atoms with Crippen molar-refractivity contribution in [3.05, 3.63) is 0 Å². The predicted molar refractivity (Wildman–Crippen MR) is 77.7 cm³/mol. The third kappa shape index (κ3) is 2.76. The van der Waals surface area contributed by atoms with Gasteiger partial charge in [0.05, 0.1) is 24.4 Å². The molecule has 3 fully saturated rings. The summed E-state index contributed by atoms with van der Waals surface area (Å²) >= 11 is 0. The van der Waals surface area contributed by atoms with Crippen LogP contribution in [0.1, 0.15) is 39.0 Å². The summed E-state index contributed by atoms with van der Waals surface area (Å²) in [4.78, 5) is 2.57. The fourth-order valence-corrected chi connectivity index (χ4v) is 4.41. The minimum atomic E-state index is -0.325. The van der Waals surface area contributed by atoms with E-state index in [9.17, 15) is 5.11 Å². The molecule has 0 amide bonds. The molecule has 4 nitrogen and oxygen atoms in total. The minimum absolute atomic E-state index is 0.0182. The summed E-state index contributed by atoms with van der Waals surface area (Å²) in [5.41, 5.74) is 0.0182. The topological polar surface area (TPSA) is 45.2 Å². The second-order valence-corrected chi connectivity index (χ2v) is 7.00. The Hall–Kier alpha value is -0.160. The number of methoxy groups -OCH3 is 1. The van der Waals surface area contributed by atoms with Gasteiger partial charge in [-0.1, -0.05) is 6.92 Å². The van der Waals surface area contributed by atoms with Gasteiger partial charge in [-0.15, -0.1) is 0 Å². The number of likely N-dealkylation sites (tertiary alicyclic amines) is 1. The van der Waals surface area contributed by atoms with Crippen molar-refractivity contribution in [3.8, 4) is 0 Å². The summed E-state index contributed by atoms with van der Waals surface area (Å²) in [7, 11) is 1.73. The lowest BCUT2D eigenvalue weighted by molar-refractivity contribution is -0.112. The molecule has 1 saturated carbocycles. The molecule has 1 N–H and O–H groups in total. The highest BCUT2D eigenvalue weighted by Gasteiger charge is 2.59. The van der Waals surface area contributed by atoms with Crippen LogP contribution < -0.4 is 0 Å². The van der Waals surface area contributed by atoms with Crippen molar-refractivity contribution in [2.75, 3.05) is 33.4 Å². The molecule has 0 radical (unpaired) electrons. The summed E-state index contributed by atoms with van der Waals surface area (Å²) in [5.74, 6) is 0.886. The number of nitrogens with zero attached hydrogens (tertiary/aromatic N) is 1. The largest absolute Gasteiger partial charge is 0.390 e. The second-order valence-electron chi connectivity index (χ2n) is 7.00. The van der Waals surface area contributed by atoms with Gasteiger partial charge in [-0.25, -0.2) is 0 Å². The molecular weight excluding hydrogens is 254 g/mol. The number of ether oxygens (including phenoxy) is 2. The molecule has 116 valence electrons. The molecule has 0 aromatic rings. The molecule has 2 heterocycles. The SMILES string of the molecule is CO[C@H]1[C@H]([C@H](C)CCN2CCCC2)[C@]2(CC[C@H]1O)CO2. The third-order valence-corrected chi connectivity index (χ3v) is 5.70. The summed E-state index contributed by atoms with van der Waals surface area (Å²) < 4.78 is 11.5. The Morgan fingerprint density at radius 1 is 1.40 bits per heavy atom. The van der Waals surface area contributed by atoms with Crippen LogP contribution in [-0.2, 0) is 9.47 Å². The number of hydrogen-bond acceptors (Lipinski definition) is 4. The van der Waals surface area contributed by atoms with Crippen molar-refractivity contribution in [1.82, 2.24) is 4.90 Å². The lowest BCUT2D eigenvalue weighted by atomic mass is 9.69. The molecule has 0 aromatic heterocycles. The van der Waals surface area contributed by atoms with Gasteiger partial charge in [-0.05, 0) is 57.7 Å². The Labute approximate surface area is 122 Å². The van der Waals surface area contributed by atoms with E-state index in [0.717, 1.165) is 19.4 Å². The van der Waals surface area contributed by atoms with Gasteiger partial charge in [0.15, 0.2) is 0 Å². The highest BCUT2D eigenvalue weighted by molar-refractivity contribution is 5.08. The number of epoxide rings is 1. The number of rotatable bonds is 5. The van der Waals surface area contributed by atoms with E-state index in [2.05, 4.69) is 11.8 Å². The molecule has 0 unspecified atom stereocenters. The first-order chi connectivity index (χ1) is 9.66. The van der Waals surface area contributed by atoms with E-state index in [1.165, 1.54) is 38.9 Å². The molecule has 4 heteroatoms. The van der Waals surface area contributed by atoms with E-state index in [1.54, 1.807) is 7.11 Å². The summed E-state index contributed by atoms with van der Waals surface area (Å²) in [6.45, 7) is 6.87. The lowest BCUT2D eigenvalue weighted by Crippen LogP contribution is -2.51. The first-order valence-corrected chi connectivity index (χ1v) is 8.23. The van der Waals surface area contributed by atoms with Crippen LogP contribution >= 0.6 is 0 Å². The average molecular weight is 283 g/mol. The Morgan fingerprint density at radius 3 is 2.70 bits per heavy atom. The monoisotopic (exact) mass is 283 g/mol. The van der Waals surface area contributed by atoms with E-state index in [4.69, 9.17) is 9.47 Å². The smallest absolute Gasteiger partial charge is 0.0973 e. The zero-order chi connectivity index (χ0) is 14.2. The first kappa shape index (κ1) is 14.8. The van der Waals surface area contributed by atoms with E-state index in [-0.39, 0.29) is 17.8 Å². The van der Waals surface area contributed by atoms with E-state index in [0.29, 0.717) is 11.8 Å². The van der Waals surface area contributed by atoms with E-state index in [1.807, 2.05) is 0 Å². The van der Waals surface area contributed by atoms with Crippen LogP contribution in [0.25, 0.3) is 0 Å². The predicted octanol–water partition coefficient (Wildman–Crippen LogP) is 1.66. The Kier molecular flexibility index (Phi) is 4.37. The van der Waals surface area contributed by atoms with E-state index >= 15 is 0 Å². The number of hydrogen-bond donors (Lipinski definition) is 1. The zero-order valence-corrected chi connectivity index (χ0v) is 12.9. The normalized spacial score (nSPS) is 43.0. The van der Waals surface area contributed by atoms with Crippen molar-refractivity contribution in [2.24, 2.45) is 11.8 Å². The molecular formula is C16H29NO3. The van der Waals surface area contributed by atoms with Gasteiger partial charge >= 0.3 is 0 Å². The van der Waals surface area contributed by atoms with E-state index < -0.39 is 0 Å². The third-order valence-electron chi connectivity index (χ3n) is 5.70. The molecule has 1 aliphatic carbocycles. The number of aliphatic hydroxyl groups excluding tert-OH is 1. The van der Waals surface area contributed by atoms with Crippen molar-refractivity contribution in [3.63, 3.8) is 0 Å². The molecule has 1 spiro atoms. The van der Waals surface area contributed by atoms with Crippen molar-refractivity contribution >= 4 is 0 Å². The van der Waals surface area contributed by atoms with Crippen LogP contribution in [0.3, 0.4) is 0 Å². The fourth-order valence-electron chi connectivity index (χ4n) is 4.41. The average Bonchev–Trinajstić information content (AvgIpc) is 3.01. The quantitative estimate of drug-likeness (QED) is 0.780. The Bertz CT molecular complexity index is 326. The van der Waals surface area contributed by atoms with Gasteiger partial charge in [0.1, 0.15) is 0 Å². The molecule has 3 aliphatic rings. The summed E-state index contributed by atoms with van der Waals surface area (Å²) in [6, 6.07) is 0. The summed E-state index contributed by atoms with van der Waals surface area (Å²) in [6.07, 6.45) is 5.31. The van der Waals surface area contributed by atoms with Crippen LogP contribution in [0.5, 0.6) is 0 Å². The molecule has 2 aliphatic heterocycles. The molecule has 0 bridgehead atoms. The summed E-state index contributed by atoms with van der Waals surface area (Å²) in [5, 5.41) is 10.2. The van der Waals surface area contributed by atoms with Gasteiger partial charge in [0.25, 0.3) is 0 Å². The van der Waals surface area contributed by atoms with Gasteiger partial charge in [-0.3, -0.25) is 0 Å². The van der Waals surface area contributed by atoms with Gasteiger partial charge in [0.2, 0.25) is 0 Å².